The third-order valence-corrected chi connectivity index (χ3v) is 3.43. The lowest BCUT2D eigenvalue weighted by atomic mass is 10.1. The summed E-state index contributed by atoms with van der Waals surface area (Å²) in [5.41, 5.74) is 0.475. The molecule has 21 heavy (non-hydrogen) atoms. The van der Waals surface area contributed by atoms with Crippen molar-refractivity contribution in [1.82, 2.24) is 10.3 Å². The number of anilines is 1. The number of carbonyl (C=O) groups excluding carboxylic acids is 3. The number of fused-ring (bicyclic) bond motifs is 1. The summed E-state index contributed by atoms with van der Waals surface area (Å²) >= 11 is 3.27. The number of barbiturate groups is 1. The van der Waals surface area contributed by atoms with Crippen molar-refractivity contribution in [1.29, 1.82) is 0 Å². The monoisotopic (exact) mass is 351 g/mol. The van der Waals surface area contributed by atoms with E-state index in [1.165, 1.54) is 12.3 Å². The van der Waals surface area contributed by atoms with Gasteiger partial charge in [0.05, 0.1) is 11.2 Å². The number of urea groups is 1. The van der Waals surface area contributed by atoms with Gasteiger partial charge in [0.2, 0.25) is 0 Å². The van der Waals surface area contributed by atoms with Crippen LogP contribution >= 0.6 is 15.9 Å². The fraction of sp³-hybridized carbons (Fsp3) is 0.0769. The summed E-state index contributed by atoms with van der Waals surface area (Å²) in [7, 11) is 0. The highest BCUT2D eigenvalue weighted by Gasteiger charge is 2.42. The Kier molecular flexibility index (Phi) is 3.17. The number of nitrogens with one attached hydrogen (secondary N) is 1. The lowest BCUT2D eigenvalue weighted by Gasteiger charge is -2.27. The van der Waals surface area contributed by atoms with Crippen LogP contribution in [0.25, 0.3) is 10.9 Å². The number of aromatic nitrogens is 1. The molecule has 1 N–H and O–H groups in total. The van der Waals surface area contributed by atoms with E-state index < -0.39 is 24.0 Å². The SMILES string of the molecule is O=C1NC(=O)N(c2cccc3cc(Br)cnc23)C(=O)C1F. The minimum absolute atomic E-state index is 0.123. The number of amides is 4. The van der Waals surface area contributed by atoms with E-state index in [9.17, 15) is 18.8 Å². The Bertz CT molecular complexity index is 795. The molecule has 0 saturated carbocycles. The van der Waals surface area contributed by atoms with Gasteiger partial charge in [0.1, 0.15) is 0 Å². The first-order valence-electron chi connectivity index (χ1n) is 5.86. The molecule has 8 heteroatoms. The summed E-state index contributed by atoms with van der Waals surface area (Å²) in [5, 5.41) is 2.46. The highest BCUT2D eigenvalue weighted by molar-refractivity contribution is 9.10. The molecule has 1 fully saturated rings. The zero-order valence-electron chi connectivity index (χ0n) is 10.3. The summed E-state index contributed by atoms with van der Waals surface area (Å²) in [6.07, 6.45) is -0.913. The van der Waals surface area contributed by atoms with Crippen molar-refractivity contribution in [2.75, 3.05) is 4.90 Å². The van der Waals surface area contributed by atoms with Crippen LogP contribution in [0.3, 0.4) is 0 Å². The molecule has 106 valence electrons. The second-order valence-corrected chi connectivity index (χ2v) is 5.25. The average Bonchev–Trinajstić information content (AvgIpc) is 2.45. The van der Waals surface area contributed by atoms with Crippen LogP contribution < -0.4 is 10.2 Å². The smallest absolute Gasteiger partial charge is 0.274 e. The van der Waals surface area contributed by atoms with E-state index in [1.54, 1.807) is 23.5 Å². The van der Waals surface area contributed by atoms with E-state index in [4.69, 9.17) is 0 Å². The van der Waals surface area contributed by atoms with Crippen LogP contribution in [-0.4, -0.2) is 29.0 Å². The van der Waals surface area contributed by atoms with Gasteiger partial charge in [0.25, 0.3) is 18.0 Å². The lowest BCUT2D eigenvalue weighted by Crippen LogP contribution is -2.59. The number of alkyl halides is 1. The molecule has 1 aliphatic heterocycles. The van der Waals surface area contributed by atoms with Gasteiger partial charge in [-0.05, 0) is 28.1 Å². The number of rotatable bonds is 1. The molecule has 1 saturated heterocycles. The molecule has 0 bridgehead atoms. The summed E-state index contributed by atoms with van der Waals surface area (Å²) < 4.78 is 14.3. The first kappa shape index (κ1) is 13.6. The third kappa shape index (κ3) is 2.17. The second-order valence-electron chi connectivity index (χ2n) is 4.33. The number of pyridine rings is 1. The number of imide groups is 2. The number of hydrogen-bond donors (Lipinski definition) is 1. The summed E-state index contributed by atoms with van der Waals surface area (Å²) in [4.78, 5) is 39.6. The molecular weight excluding hydrogens is 345 g/mol. The number of nitrogens with zero attached hydrogens (tertiary/aromatic N) is 2. The van der Waals surface area contributed by atoms with Crippen molar-refractivity contribution >= 4 is 50.4 Å². The molecule has 6 nitrogen and oxygen atoms in total. The second kappa shape index (κ2) is 4.88. The van der Waals surface area contributed by atoms with Gasteiger partial charge in [0.15, 0.2) is 0 Å². The first-order chi connectivity index (χ1) is 9.99. The minimum Gasteiger partial charge on any atom is -0.274 e. The fourth-order valence-corrected chi connectivity index (χ4v) is 2.43. The molecule has 4 amide bonds. The van der Waals surface area contributed by atoms with Gasteiger partial charge in [-0.2, -0.15) is 0 Å². The van der Waals surface area contributed by atoms with E-state index >= 15 is 0 Å². The van der Waals surface area contributed by atoms with Crippen molar-refractivity contribution in [3.05, 3.63) is 34.9 Å². The molecule has 0 aliphatic carbocycles. The molecule has 0 spiro atoms. The Morgan fingerprint density at radius 1 is 1.29 bits per heavy atom. The van der Waals surface area contributed by atoms with E-state index in [0.29, 0.717) is 15.8 Å². The largest absolute Gasteiger partial charge is 0.335 e. The van der Waals surface area contributed by atoms with Crippen LogP contribution in [0.4, 0.5) is 14.9 Å². The molecule has 2 aromatic rings. The first-order valence-corrected chi connectivity index (χ1v) is 6.65. The molecule has 0 radical (unpaired) electrons. The van der Waals surface area contributed by atoms with Gasteiger partial charge < -0.3 is 0 Å². The molecule has 2 heterocycles. The maximum atomic E-state index is 13.6. The van der Waals surface area contributed by atoms with Crippen LogP contribution in [-0.2, 0) is 9.59 Å². The molecule has 1 unspecified atom stereocenters. The number of halogens is 2. The van der Waals surface area contributed by atoms with Crippen molar-refractivity contribution < 1.29 is 18.8 Å². The van der Waals surface area contributed by atoms with Gasteiger partial charge >= 0.3 is 6.03 Å². The zero-order valence-corrected chi connectivity index (χ0v) is 11.9. The highest BCUT2D eigenvalue weighted by atomic mass is 79.9. The summed E-state index contributed by atoms with van der Waals surface area (Å²) in [6.45, 7) is 0. The summed E-state index contributed by atoms with van der Waals surface area (Å²) in [6, 6.07) is 5.56. The Morgan fingerprint density at radius 2 is 2.05 bits per heavy atom. The van der Waals surface area contributed by atoms with Gasteiger partial charge in [0, 0.05) is 16.1 Å². The topological polar surface area (TPSA) is 79.4 Å². The number of para-hydroxylation sites is 1. The lowest BCUT2D eigenvalue weighted by molar-refractivity contribution is -0.135. The Balaban J connectivity index is 2.18. The Labute approximate surface area is 126 Å². The molecule has 1 aromatic carbocycles. The standard InChI is InChI=1S/C13H7BrFN3O3/c14-7-4-6-2-1-3-8(10(6)16-5-7)18-12(20)9(15)11(19)17-13(18)21/h1-5,9H,(H,17,19,21). The van der Waals surface area contributed by atoms with Crippen LogP contribution in [0.5, 0.6) is 0 Å². The number of hydrogen-bond acceptors (Lipinski definition) is 4. The Morgan fingerprint density at radius 3 is 2.81 bits per heavy atom. The van der Waals surface area contributed by atoms with E-state index in [0.717, 1.165) is 4.47 Å². The molecule has 1 atom stereocenters. The highest BCUT2D eigenvalue weighted by Crippen LogP contribution is 2.28. The summed E-state index contributed by atoms with van der Waals surface area (Å²) in [5.74, 6) is -2.47. The van der Waals surface area contributed by atoms with Crippen molar-refractivity contribution in [3.63, 3.8) is 0 Å². The fourth-order valence-electron chi connectivity index (χ4n) is 2.08. The molecule has 1 aliphatic rings. The van der Waals surface area contributed by atoms with Crippen molar-refractivity contribution in [3.8, 4) is 0 Å². The normalized spacial score (nSPS) is 19.0. The van der Waals surface area contributed by atoms with E-state index in [1.807, 2.05) is 0 Å². The van der Waals surface area contributed by atoms with Crippen molar-refractivity contribution in [2.24, 2.45) is 0 Å². The van der Waals surface area contributed by atoms with Gasteiger partial charge in [-0.15, -0.1) is 0 Å². The van der Waals surface area contributed by atoms with Gasteiger partial charge in [-0.1, -0.05) is 12.1 Å². The number of benzene rings is 1. The predicted octanol–water partition coefficient (Wildman–Crippen LogP) is 1.92. The zero-order chi connectivity index (χ0) is 15.1. The van der Waals surface area contributed by atoms with Crippen LogP contribution in [0, 0.1) is 0 Å². The van der Waals surface area contributed by atoms with E-state index in [2.05, 4.69) is 20.9 Å². The molecule has 3 rings (SSSR count). The van der Waals surface area contributed by atoms with Crippen molar-refractivity contribution in [2.45, 2.75) is 6.17 Å². The van der Waals surface area contributed by atoms with Crippen LogP contribution in [0.2, 0.25) is 0 Å². The maximum absolute atomic E-state index is 13.6. The molecule has 1 aromatic heterocycles. The van der Waals surface area contributed by atoms with Gasteiger partial charge in [-0.3, -0.25) is 19.9 Å². The minimum atomic E-state index is -2.41. The van der Waals surface area contributed by atoms with E-state index in [-0.39, 0.29) is 5.69 Å². The predicted molar refractivity (Wildman–Crippen MR) is 75.4 cm³/mol. The maximum Gasteiger partial charge on any atom is 0.335 e. The van der Waals surface area contributed by atoms with Crippen LogP contribution in [0.1, 0.15) is 0 Å². The Hall–Kier alpha value is -2.35. The van der Waals surface area contributed by atoms with Crippen LogP contribution in [0.15, 0.2) is 34.9 Å². The third-order valence-electron chi connectivity index (χ3n) is 3.00. The average molecular weight is 352 g/mol. The number of carbonyl (C=O) groups is 3. The molecular formula is C13H7BrFN3O3. The van der Waals surface area contributed by atoms with Gasteiger partial charge in [-0.25, -0.2) is 14.1 Å². The quantitative estimate of drug-likeness (QED) is 0.796.